The highest BCUT2D eigenvalue weighted by molar-refractivity contribution is 6.35. The average molecular weight is 333 g/mol. The summed E-state index contributed by atoms with van der Waals surface area (Å²) in [6.07, 6.45) is 3.42. The van der Waals surface area contributed by atoms with Crippen molar-refractivity contribution in [2.75, 3.05) is 12.8 Å². The minimum absolute atomic E-state index is 0.00318. The van der Waals surface area contributed by atoms with E-state index in [2.05, 4.69) is 4.98 Å². The molecular formula is C17H14ClFN2O2. The van der Waals surface area contributed by atoms with Gasteiger partial charge in [0.25, 0.3) is 0 Å². The summed E-state index contributed by atoms with van der Waals surface area (Å²) in [6.45, 7) is 0.251. The number of nitrogens with zero attached hydrogens (tertiary/aromatic N) is 1. The molecule has 0 amide bonds. The van der Waals surface area contributed by atoms with E-state index in [1.165, 1.54) is 19.2 Å². The van der Waals surface area contributed by atoms with Gasteiger partial charge in [0.05, 0.1) is 12.8 Å². The monoisotopic (exact) mass is 332 g/mol. The van der Waals surface area contributed by atoms with Crippen molar-refractivity contribution in [2.24, 2.45) is 0 Å². The molecular weight excluding hydrogens is 319 g/mol. The molecule has 23 heavy (non-hydrogen) atoms. The zero-order valence-electron chi connectivity index (χ0n) is 12.3. The predicted octanol–water partition coefficient (Wildman–Crippen LogP) is 4.20. The van der Waals surface area contributed by atoms with E-state index in [0.717, 1.165) is 16.3 Å². The third kappa shape index (κ3) is 3.00. The second-order valence-electron chi connectivity index (χ2n) is 4.94. The molecule has 0 spiro atoms. The van der Waals surface area contributed by atoms with Crippen molar-refractivity contribution < 1.29 is 13.9 Å². The fraction of sp³-hybridized carbons (Fsp3) is 0.118. The zero-order valence-corrected chi connectivity index (χ0v) is 13.1. The van der Waals surface area contributed by atoms with Gasteiger partial charge in [-0.25, -0.2) is 4.39 Å². The van der Waals surface area contributed by atoms with Gasteiger partial charge in [-0.15, -0.1) is 0 Å². The predicted molar refractivity (Wildman–Crippen MR) is 88.4 cm³/mol. The molecule has 0 atom stereocenters. The van der Waals surface area contributed by atoms with Crippen molar-refractivity contribution in [3.05, 3.63) is 59.1 Å². The Kier molecular flexibility index (Phi) is 4.21. The Hall–Kier alpha value is -2.53. The van der Waals surface area contributed by atoms with E-state index in [1.54, 1.807) is 18.5 Å². The number of halogens is 2. The second-order valence-corrected chi connectivity index (χ2v) is 5.35. The van der Waals surface area contributed by atoms with E-state index in [1.807, 2.05) is 12.1 Å². The molecule has 0 bridgehead atoms. The topological polar surface area (TPSA) is 57.4 Å². The first-order chi connectivity index (χ1) is 11.1. The summed E-state index contributed by atoms with van der Waals surface area (Å²) >= 11 is 6.19. The lowest BCUT2D eigenvalue weighted by Gasteiger charge is -2.13. The molecule has 4 nitrogen and oxygen atoms in total. The largest absolute Gasteiger partial charge is 0.493 e. The molecule has 0 saturated carbocycles. The van der Waals surface area contributed by atoms with Crippen LogP contribution in [0.2, 0.25) is 5.02 Å². The molecule has 0 aliphatic rings. The van der Waals surface area contributed by atoms with Crippen LogP contribution in [0.4, 0.5) is 10.1 Å². The van der Waals surface area contributed by atoms with Crippen molar-refractivity contribution in [1.82, 2.24) is 4.98 Å². The second kappa shape index (κ2) is 6.30. The highest BCUT2D eigenvalue weighted by atomic mass is 35.5. The van der Waals surface area contributed by atoms with Crippen LogP contribution in [0, 0.1) is 5.82 Å². The van der Waals surface area contributed by atoms with Crippen LogP contribution >= 0.6 is 11.6 Å². The lowest BCUT2D eigenvalue weighted by Crippen LogP contribution is -2.01. The number of hydrogen-bond donors (Lipinski definition) is 1. The van der Waals surface area contributed by atoms with Crippen molar-refractivity contribution >= 4 is 28.1 Å². The first-order valence-electron chi connectivity index (χ1n) is 6.87. The molecule has 3 rings (SSSR count). The van der Waals surface area contributed by atoms with Crippen molar-refractivity contribution in [3.8, 4) is 11.5 Å². The Labute approximate surface area is 137 Å². The molecule has 0 radical (unpaired) electrons. The minimum Gasteiger partial charge on any atom is -0.493 e. The number of fused-ring (bicyclic) bond motifs is 1. The molecule has 1 heterocycles. The number of hydrogen-bond acceptors (Lipinski definition) is 4. The quantitative estimate of drug-likeness (QED) is 0.727. The van der Waals surface area contributed by atoms with Gasteiger partial charge in [0.1, 0.15) is 12.4 Å². The number of methoxy groups -OCH3 is 1. The van der Waals surface area contributed by atoms with Crippen LogP contribution in [0.25, 0.3) is 10.8 Å². The maximum Gasteiger partial charge on any atom is 0.163 e. The summed E-state index contributed by atoms with van der Waals surface area (Å²) in [5, 5.41) is 2.44. The molecule has 1 aromatic heterocycles. The summed E-state index contributed by atoms with van der Waals surface area (Å²) in [7, 11) is 1.44. The van der Waals surface area contributed by atoms with Crippen LogP contribution < -0.4 is 15.2 Å². The van der Waals surface area contributed by atoms with Crippen LogP contribution in [0.1, 0.15) is 5.56 Å². The Morgan fingerprint density at radius 3 is 2.78 bits per heavy atom. The zero-order chi connectivity index (χ0) is 16.4. The van der Waals surface area contributed by atoms with Crippen LogP contribution in [-0.4, -0.2) is 12.1 Å². The van der Waals surface area contributed by atoms with Gasteiger partial charge >= 0.3 is 0 Å². The van der Waals surface area contributed by atoms with Crippen LogP contribution in [0.15, 0.2) is 42.7 Å². The standard InChI is InChI=1S/C17H14ClFN2O2/c1-22-16-6-14(19)15(20)7-17(16)23-9-10-2-3-13(18)11-4-5-21-8-12(10)11/h2-8H,9,20H2,1H3. The third-order valence-corrected chi connectivity index (χ3v) is 3.85. The summed E-state index contributed by atoms with van der Waals surface area (Å²) in [5.74, 6) is 0.113. The Bertz CT molecular complexity index is 871. The van der Waals surface area contributed by atoms with Crippen LogP contribution in [0.3, 0.4) is 0 Å². The van der Waals surface area contributed by atoms with Gasteiger partial charge < -0.3 is 15.2 Å². The third-order valence-electron chi connectivity index (χ3n) is 3.52. The number of ether oxygens (including phenoxy) is 2. The van der Waals surface area contributed by atoms with E-state index < -0.39 is 5.82 Å². The van der Waals surface area contributed by atoms with Crippen LogP contribution in [-0.2, 0) is 6.61 Å². The molecule has 0 aliphatic carbocycles. The van der Waals surface area contributed by atoms with E-state index >= 15 is 0 Å². The Morgan fingerprint density at radius 1 is 1.17 bits per heavy atom. The summed E-state index contributed by atoms with van der Waals surface area (Å²) in [4.78, 5) is 4.12. The van der Waals surface area contributed by atoms with Crippen molar-refractivity contribution in [2.45, 2.75) is 6.61 Å². The molecule has 118 valence electrons. The number of anilines is 1. The van der Waals surface area contributed by atoms with E-state index in [9.17, 15) is 4.39 Å². The van der Waals surface area contributed by atoms with E-state index in [-0.39, 0.29) is 18.0 Å². The maximum absolute atomic E-state index is 13.5. The van der Waals surface area contributed by atoms with E-state index in [4.69, 9.17) is 26.8 Å². The lowest BCUT2D eigenvalue weighted by molar-refractivity contribution is 0.285. The fourth-order valence-corrected chi connectivity index (χ4v) is 2.54. The number of rotatable bonds is 4. The fourth-order valence-electron chi connectivity index (χ4n) is 2.32. The molecule has 6 heteroatoms. The number of benzene rings is 2. The van der Waals surface area contributed by atoms with Gasteiger partial charge in [-0.1, -0.05) is 17.7 Å². The molecule has 2 N–H and O–H groups in total. The smallest absolute Gasteiger partial charge is 0.163 e. The molecule has 0 aliphatic heterocycles. The van der Waals surface area contributed by atoms with Crippen molar-refractivity contribution in [3.63, 3.8) is 0 Å². The molecule has 0 unspecified atom stereocenters. The van der Waals surface area contributed by atoms with Crippen LogP contribution in [0.5, 0.6) is 11.5 Å². The van der Waals surface area contributed by atoms with Crippen molar-refractivity contribution in [1.29, 1.82) is 0 Å². The maximum atomic E-state index is 13.5. The van der Waals surface area contributed by atoms with Gasteiger partial charge in [0, 0.05) is 40.3 Å². The number of nitrogen functional groups attached to an aromatic ring is 1. The minimum atomic E-state index is -0.546. The van der Waals surface area contributed by atoms with Gasteiger partial charge in [0.15, 0.2) is 11.5 Å². The SMILES string of the molecule is COc1cc(F)c(N)cc1OCc1ccc(Cl)c2ccncc12. The van der Waals surface area contributed by atoms with Gasteiger partial charge in [-0.05, 0) is 17.7 Å². The molecule has 3 aromatic rings. The molecule has 0 saturated heterocycles. The average Bonchev–Trinajstić information content (AvgIpc) is 2.57. The van der Waals surface area contributed by atoms with Gasteiger partial charge in [0.2, 0.25) is 0 Å². The summed E-state index contributed by atoms with van der Waals surface area (Å²) in [6, 6.07) is 8.12. The first kappa shape index (κ1) is 15.4. The highest BCUT2D eigenvalue weighted by Crippen LogP contribution is 2.33. The first-order valence-corrected chi connectivity index (χ1v) is 7.25. The molecule has 2 aromatic carbocycles. The van der Waals surface area contributed by atoms with Gasteiger partial charge in [-0.3, -0.25) is 4.98 Å². The number of nitrogens with two attached hydrogens (primary N) is 1. The Morgan fingerprint density at radius 2 is 2.00 bits per heavy atom. The normalized spacial score (nSPS) is 10.7. The Balaban J connectivity index is 1.93. The molecule has 0 fully saturated rings. The summed E-state index contributed by atoms with van der Waals surface area (Å²) < 4.78 is 24.4. The lowest BCUT2D eigenvalue weighted by atomic mass is 10.1. The van der Waals surface area contributed by atoms with Gasteiger partial charge in [-0.2, -0.15) is 0 Å². The van der Waals surface area contributed by atoms with E-state index in [0.29, 0.717) is 10.8 Å². The number of aromatic nitrogens is 1. The summed E-state index contributed by atoms with van der Waals surface area (Å²) in [5.41, 5.74) is 6.49. The highest BCUT2D eigenvalue weighted by Gasteiger charge is 2.11. The number of pyridine rings is 1.